The van der Waals surface area contributed by atoms with Gasteiger partial charge in [-0.05, 0) is 42.5 Å². The highest BCUT2D eigenvalue weighted by molar-refractivity contribution is 6.30. The molecule has 1 amide bonds. The van der Waals surface area contributed by atoms with Crippen LogP contribution in [0.2, 0.25) is 5.02 Å². The summed E-state index contributed by atoms with van der Waals surface area (Å²) in [4.78, 5) is 23.1. The van der Waals surface area contributed by atoms with E-state index in [0.29, 0.717) is 16.3 Å². The van der Waals surface area contributed by atoms with Gasteiger partial charge in [-0.1, -0.05) is 11.6 Å². The number of carbonyl (C=O) groups excluding carboxylic acids is 2. The summed E-state index contributed by atoms with van der Waals surface area (Å²) in [5.74, 6) is -1.43. The Labute approximate surface area is 137 Å². The van der Waals surface area contributed by atoms with Crippen molar-refractivity contribution in [3.8, 4) is 0 Å². The van der Waals surface area contributed by atoms with Gasteiger partial charge in [-0.2, -0.15) is 0 Å². The van der Waals surface area contributed by atoms with E-state index >= 15 is 0 Å². The Morgan fingerprint density at radius 2 is 1.87 bits per heavy atom. The van der Waals surface area contributed by atoms with Gasteiger partial charge in [0.2, 0.25) is 5.91 Å². The molecule has 0 aromatic heterocycles. The number of ether oxygens (including phenoxy) is 1. The Bertz CT molecular complexity index is 720. The maximum absolute atomic E-state index is 13.5. The number of rotatable bonds is 5. The molecule has 2 aromatic carbocycles. The lowest BCUT2D eigenvalue weighted by atomic mass is 10.2. The third-order valence-electron chi connectivity index (χ3n) is 2.96. The SMILES string of the molecule is COC(=O)c1ccc(NCC(=O)Nc2cc(Cl)ccc2F)cc1. The first kappa shape index (κ1) is 16.8. The van der Waals surface area contributed by atoms with E-state index in [0.717, 1.165) is 0 Å². The maximum Gasteiger partial charge on any atom is 0.337 e. The fourth-order valence-corrected chi connectivity index (χ4v) is 1.98. The smallest absolute Gasteiger partial charge is 0.337 e. The van der Waals surface area contributed by atoms with Gasteiger partial charge >= 0.3 is 5.97 Å². The molecule has 2 N–H and O–H groups in total. The number of hydrogen-bond donors (Lipinski definition) is 2. The quantitative estimate of drug-likeness (QED) is 0.822. The number of hydrogen-bond acceptors (Lipinski definition) is 4. The summed E-state index contributed by atoms with van der Waals surface area (Å²) in [6.45, 7) is -0.0659. The van der Waals surface area contributed by atoms with Crippen LogP contribution in [0.15, 0.2) is 42.5 Å². The number of amides is 1. The van der Waals surface area contributed by atoms with Gasteiger partial charge in [0.25, 0.3) is 0 Å². The number of benzene rings is 2. The van der Waals surface area contributed by atoms with E-state index in [1.54, 1.807) is 24.3 Å². The molecule has 0 aliphatic heterocycles. The fraction of sp³-hybridized carbons (Fsp3) is 0.125. The molecule has 0 spiro atoms. The minimum Gasteiger partial charge on any atom is -0.465 e. The Kier molecular flexibility index (Phi) is 5.54. The zero-order valence-electron chi connectivity index (χ0n) is 12.2. The first-order valence-electron chi connectivity index (χ1n) is 6.67. The summed E-state index contributed by atoms with van der Waals surface area (Å²) in [7, 11) is 1.30. The predicted molar refractivity (Wildman–Crippen MR) is 86.3 cm³/mol. The third kappa shape index (κ3) is 4.69. The first-order chi connectivity index (χ1) is 11.0. The molecule has 120 valence electrons. The predicted octanol–water partition coefficient (Wildman–Crippen LogP) is 3.32. The fourth-order valence-electron chi connectivity index (χ4n) is 1.81. The van der Waals surface area contributed by atoms with Crippen LogP contribution >= 0.6 is 11.6 Å². The molecule has 0 heterocycles. The van der Waals surface area contributed by atoms with Crippen molar-refractivity contribution in [2.45, 2.75) is 0 Å². The third-order valence-corrected chi connectivity index (χ3v) is 3.20. The molecule has 0 fully saturated rings. The number of esters is 1. The molecular weight excluding hydrogens is 323 g/mol. The number of halogens is 2. The number of methoxy groups -OCH3 is 1. The van der Waals surface area contributed by atoms with Gasteiger partial charge in [0.1, 0.15) is 5.82 Å². The maximum atomic E-state index is 13.5. The van der Waals surface area contributed by atoms with Gasteiger partial charge in [0, 0.05) is 10.7 Å². The molecule has 2 aromatic rings. The molecule has 0 atom stereocenters. The summed E-state index contributed by atoms with van der Waals surface area (Å²) >= 11 is 5.75. The van der Waals surface area contributed by atoms with Gasteiger partial charge in [-0.15, -0.1) is 0 Å². The summed E-state index contributed by atoms with van der Waals surface area (Å²) in [6.07, 6.45) is 0. The van der Waals surface area contributed by atoms with Crippen molar-refractivity contribution in [1.82, 2.24) is 0 Å². The van der Waals surface area contributed by atoms with Crippen molar-refractivity contribution in [1.29, 1.82) is 0 Å². The molecular formula is C16H14ClFN2O3. The van der Waals surface area contributed by atoms with Crippen molar-refractivity contribution in [3.63, 3.8) is 0 Å². The highest BCUT2D eigenvalue weighted by atomic mass is 35.5. The van der Waals surface area contributed by atoms with E-state index in [1.165, 1.54) is 25.3 Å². The van der Waals surface area contributed by atoms with Crippen LogP contribution < -0.4 is 10.6 Å². The highest BCUT2D eigenvalue weighted by Crippen LogP contribution is 2.19. The van der Waals surface area contributed by atoms with Crippen LogP contribution in [0, 0.1) is 5.82 Å². The van der Waals surface area contributed by atoms with Crippen molar-refractivity contribution in [2.75, 3.05) is 24.3 Å². The highest BCUT2D eigenvalue weighted by Gasteiger charge is 2.08. The molecule has 0 unspecified atom stereocenters. The lowest BCUT2D eigenvalue weighted by Crippen LogP contribution is -2.22. The minimum absolute atomic E-state index is 0.0188. The van der Waals surface area contributed by atoms with E-state index in [2.05, 4.69) is 15.4 Å². The van der Waals surface area contributed by atoms with Gasteiger partial charge in [0.15, 0.2) is 0 Å². The summed E-state index contributed by atoms with van der Waals surface area (Å²) < 4.78 is 18.1. The molecule has 5 nitrogen and oxygen atoms in total. The van der Waals surface area contributed by atoms with E-state index in [-0.39, 0.29) is 12.2 Å². The van der Waals surface area contributed by atoms with Crippen LogP contribution in [-0.4, -0.2) is 25.5 Å². The summed E-state index contributed by atoms with van der Waals surface area (Å²) in [5, 5.41) is 5.62. The normalized spacial score (nSPS) is 10.0. The van der Waals surface area contributed by atoms with Crippen molar-refractivity contribution < 1.29 is 18.7 Å². The van der Waals surface area contributed by atoms with E-state index in [1.807, 2.05) is 0 Å². The number of carbonyl (C=O) groups is 2. The van der Waals surface area contributed by atoms with Gasteiger partial charge in [-0.25, -0.2) is 9.18 Å². The topological polar surface area (TPSA) is 67.4 Å². The van der Waals surface area contributed by atoms with Crippen molar-refractivity contribution in [3.05, 3.63) is 58.9 Å². The van der Waals surface area contributed by atoms with E-state index in [9.17, 15) is 14.0 Å². The molecule has 0 bridgehead atoms. The molecule has 0 aliphatic rings. The molecule has 7 heteroatoms. The van der Waals surface area contributed by atoms with Crippen LogP contribution in [0.4, 0.5) is 15.8 Å². The molecule has 2 rings (SSSR count). The largest absolute Gasteiger partial charge is 0.465 e. The average molecular weight is 337 g/mol. The van der Waals surface area contributed by atoms with Crippen LogP contribution in [0.25, 0.3) is 0 Å². The second kappa shape index (κ2) is 7.60. The van der Waals surface area contributed by atoms with Crippen LogP contribution in [0.3, 0.4) is 0 Å². The summed E-state index contributed by atoms with van der Waals surface area (Å²) in [5.41, 5.74) is 1.06. The van der Waals surface area contributed by atoms with Gasteiger partial charge < -0.3 is 15.4 Å². The second-order valence-corrected chi connectivity index (χ2v) is 5.03. The summed E-state index contributed by atoms with van der Waals surface area (Å²) in [6, 6.07) is 10.3. The Hall–Kier alpha value is -2.60. The zero-order chi connectivity index (χ0) is 16.8. The zero-order valence-corrected chi connectivity index (χ0v) is 13.0. The Balaban J connectivity index is 1.91. The van der Waals surface area contributed by atoms with Crippen LogP contribution in [0.5, 0.6) is 0 Å². The van der Waals surface area contributed by atoms with Gasteiger partial charge in [-0.3, -0.25) is 4.79 Å². The standard InChI is InChI=1S/C16H14ClFN2O3/c1-23-16(22)10-2-5-12(6-3-10)19-9-15(21)20-14-8-11(17)4-7-13(14)18/h2-8,19H,9H2,1H3,(H,20,21). The Morgan fingerprint density at radius 3 is 2.52 bits per heavy atom. The average Bonchev–Trinajstić information content (AvgIpc) is 2.56. The molecule has 0 radical (unpaired) electrons. The molecule has 23 heavy (non-hydrogen) atoms. The van der Waals surface area contributed by atoms with Crippen molar-refractivity contribution >= 4 is 34.9 Å². The monoisotopic (exact) mass is 336 g/mol. The van der Waals surface area contributed by atoms with Crippen LogP contribution in [-0.2, 0) is 9.53 Å². The van der Waals surface area contributed by atoms with Crippen LogP contribution in [0.1, 0.15) is 10.4 Å². The van der Waals surface area contributed by atoms with E-state index in [4.69, 9.17) is 11.6 Å². The van der Waals surface area contributed by atoms with Gasteiger partial charge in [0.05, 0.1) is 24.9 Å². The molecule has 0 aliphatic carbocycles. The minimum atomic E-state index is -0.565. The second-order valence-electron chi connectivity index (χ2n) is 4.59. The molecule has 0 saturated carbocycles. The van der Waals surface area contributed by atoms with E-state index < -0.39 is 17.7 Å². The van der Waals surface area contributed by atoms with Crippen molar-refractivity contribution in [2.24, 2.45) is 0 Å². The first-order valence-corrected chi connectivity index (χ1v) is 7.04. The number of anilines is 2. The molecule has 0 saturated heterocycles. The lowest BCUT2D eigenvalue weighted by Gasteiger charge is -2.09. The number of nitrogens with one attached hydrogen (secondary N) is 2. The Morgan fingerprint density at radius 1 is 1.17 bits per heavy atom. The lowest BCUT2D eigenvalue weighted by molar-refractivity contribution is -0.114.